The largest absolute Gasteiger partial charge is 0.358 e. The highest BCUT2D eigenvalue weighted by Crippen LogP contribution is 2.28. The Labute approximate surface area is 125 Å². The van der Waals surface area contributed by atoms with Gasteiger partial charge in [-0.2, -0.15) is 0 Å². The van der Waals surface area contributed by atoms with E-state index < -0.39 is 4.92 Å². The molecule has 1 N–H and O–H groups in total. The van der Waals surface area contributed by atoms with Crippen LogP contribution in [-0.2, 0) is 0 Å². The van der Waals surface area contributed by atoms with Crippen LogP contribution in [0.4, 0.5) is 11.5 Å². The van der Waals surface area contributed by atoms with Gasteiger partial charge < -0.3 is 5.32 Å². The van der Waals surface area contributed by atoms with Crippen LogP contribution in [0.5, 0.6) is 0 Å². The molecule has 1 aromatic carbocycles. The fourth-order valence-electron chi connectivity index (χ4n) is 1.74. The zero-order valence-corrected chi connectivity index (χ0v) is 12.0. The Kier molecular flexibility index (Phi) is 4.42. The molecule has 0 saturated heterocycles. The van der Waals surface area contributed by atoms with Crippen LogP contribution in [0.25, 0.3) is 0 Å². The van der Waals surface area contributed by atoms with Crippen molar-refractivity contribution in [1.82, 2.24) is 4.98 Å². The summed E-state index contributed by atoms with van der Waals surface area (Å²) in [5.74, 6) is 0.173. The lowest BCUT2D eigenvalue weighted by atomic mass is 10.1. The predicted molar refractivity (Wildman–Crippen MR) is 79.4 cm³/mol. The van der Waals surface area contributed by atoms with Gasteiger partial charge in [0.25, 0.3) is 0 Å². The summed E-state index contributed by atoms with van der Waals surface area (Å²) in [6.45, 7) is 1.87. The monoisotopic (exact) mass is 311 g/mol. The summed E-state index contributed by atoms with van der Waals surface area (Å²) < 4.78 is 0. The fourth-order valence-corrected chi connectivity index (χ4v) is 2.09. The van der Waals surface area contributed by atoms with Gasteiger partial charge in [-0.05, 0) is 24.6 Å². The first-order valence-corrected chi connectivity index (χ1v) is 6.55. The fraction of sp³-hybridized carbons (Fsp3) is 0.154. The number of nitrogens with zero attached hydrogens (tertiary/aromatic N) is 2. The van der Waals surface area contributed by atoms with Crippen molar-refractivity contribution in [2.75, 3.05) is 5.32 Å². The van der Waals surface area contributed by atoms with Crippen molar-refractivity contribution in [3.8, 4) is 0 Å². The first-order valence-electron chi connectivity index (χ1n) is 5.79. The Hall–Kier alpha value is -1.85. The van der Waals surface area contributed by atoms with Crippen LogP contribution in [0.3, 0.4) is 0 Å². The number of nitrogens with one attached hydrogen (secondary N) is 1. The van der Waals surface area contributed by atoms with Crippen LogP contribution in [0.1, 0.15) is 18.5 Å². The second-order valence-corrected chi connectivity index (χ2v) is 5.07. The van der Waals surface area contributed by atoms with Crippen LogP contribution in [0.15, 0.2) is 36.5 Å². The maximum atomic E-state index is 11.0. The first kappa shape index (κ1) is 14.6. The summed E-state index contributed by atoms with van der Waals surface area (Å²) in [4.78, 5) is 14.4. The standard InChI is InChI=1S/C13H11Cl2N3O2/c1-8(9-3-2-4-10(14)5-9)17-13-12(18(19)20)6-11(15)7-16-13/h2-8H,1H3,(H,16,17). The molecule has 1 atom stereocenters. The minimum Gasteiger partial charge on any atom is -0.358 e. The van der Waals surface area contributed by atoms with E-state index >= 15 is 0 Å². The summed E-state index contributed by atoms with van der Waals surface area (Å²) >= 11 is 11.6. The number of pyridine rings is 1. The number of anilines is 1. The van der Waals surface area contributed by atoms with E-state index in [9.17, 15) is 10.1 Å². The van der Waals surface area contributed by atoms with Gasteiger partial charge in [0, 0.05) is 17.3 Å². The lowest BCUT2D eigenvalue weighted by molar-refractivity contribution is -0.384. The van der Waals surface area contributed by atoms with Crippen molar-refractivity contribution in [3.05, 3.63) is 62.3 Å². The van der Waals surface area contributed by atoms with Crippen molar-refractivity contribution in [2.45, 2.75) is 13.0 Å². The van der Waals surface area contributed by atoms with Crippen LogP contribution in [-0.4, -0.2) is 9.91 Å². The van der Waals surface area contributed by atoms with E-state index in [4.69, 9.17) is 23.2 Å². The maximum absolute atomic E-state index is 11.0. The normalized spacial score (nSPS) is 11.9. The SMILES string of the molecule is CC(Nc1ncc(Cl)cc1[N+](=O)[O-])c1cccc(Cl)c1. The minimum atomic E-state index is -0.522. The summed E-state index contributed by atoms with van der Waals surface area (Å²) in [7, 11) is 0. The molecule has 1 unspecified atom stereocenters. The van der Waals surface area contributed by atoms with E-state index in [1.807, 2.05) is 19.1 Å². The van der Waals surface area contributed by atoms with Crippen molar-refractivity contribution in [3.63, 3.8) is 0 Å². The Morgan fingerprint density at radius 3 is 2.70 bits per heavy atom. The summed E-state index contributed by atoms with van der Waals surface area (Å²) in [5.41, 5.74) is 0.745. The molecule has 20 heavy (non-hydrogen) atoms. The molecule has 7 heteroatoms. The number of nitro groups is 1. The zero-order chi connectivity index (χ0) is 14.7. The van der Waals surface area contributed by atoms with E-state index in [1.54, 1.807) is 12.1 Å². The van der Waals surface area contributed by atoms with Gasteiger partial charge in [-0.25, -0.2) is 4.98 Å². The molecular formula is C13H11Cl2N3O2. The number of hydrogen-bond acceptors (Lipinski definition) is 4. The minimum absolute atomic E-state index is 0.161. The number of benzene rings is 1. The van der Waals surface area contributed by atoms with Crippen LogP contribution in [0, 0.1) is 10.1 Å². The first-order chi connectivity index (χ1) is 9.47. The number of hydrogen-bond donors (Lipinski definition) is 1. The van der Waals surface area contributed by atoms with Gasteiger partial charge in [-0.1, -0.05) is 35.3 Å². The molecule has 0 spiro atoms. The number of halogens is 2. The van der Waals surface area contributed by atoms with E-state index in [-0.39, 0.29) is 22.6 Å². The van der Waals surface area contributed by atoms with Gasteiger partial charge in [0.2, 0.25) is 5.82 Å². The highest BCUT2D eigenvalue weighted by Gasteiger charge is 2.18. The predicted octanol–water partition coefficient (Wildman–Crippen LogP) is 4.47. The second-order valence-electron chi connectivity index (χ2n) is 4.20. The second kappa shape index (κ2) is 6.07. The van der Waals surface area contributed by atoms with Gasteiger partial charge in [0.15, 0.2) is 0 Å². The Bertz CT molecular complexity index is 649. The van der Waals surface area contributed by atoms with E-state index in [1.165, 1.54) is 12.3 Å². The molecule has 0 aliphatic carbocycles. The molecule has 0 amide bonds. The summed E-state index contributed by atoms with van der Waals surface area (Å²) in [5, 5.41) is 14.8. The smallest absolute Gasteiger partial charge is 0.312 e. The molecule has 0 aliphatic heterocycles. The average molecular weight is 312 g/mol. The average Bonchev–Trinajstić information content (AvgIpc) is 2.40. The molecule has 2 aromatic rings. The lowest BCUT2D eigenvalue weighted by Crippen LogP contribution is -2.09. The maximum Gasteiger partial charge on any atom is 0.312 e. The Morgan fingerprint density at radius 1 is 1.30 bits per heavy atom. The van der Waals surface area contributed by atoms with Crippen LogP contribution < -0.4 is 5.32 Å². The van der Waals surface area contributed by atoms with Crippen molar-refractivity contribution in [1.29, 1.82) is 0 Å². The van der Waals surface area contributed by atoms with Crippen molar-refractivity contribution in [2.24, 2.45) is 0 Å². The molecule has 0 fully saturated rings. The lowest BCUT2D eigenvalue weighted by Gasteiger charge is -2.15. The zero-order valence-electron chi connectivity index (χ0n) is 10.5. The molecule has 0 saturated carbocycles. The third kappa shape index (κ3) is 3.37. The molecule has 0 aliphatic rings. The van der Waals surface area contributed by atoms with Crippen molar-refractivity contribution >= 4 is 34.7 Å². The van der Waals surface area contributed by atoms with E-state index in [0.29, 0.717) is 5.02 Å². The molecule has 0 bridgehead atoms. The van der Waals surface area contributed by atoms with Crippen LogP contribution >= 0.6 is 23.2 Å². The van der Waals surface area contributed by atoms with E-state index in [0.717, 1.165) is 5.56 Å². The van der Waals surface area contributed by atoms with Gasteiger partial charge in [0.05, 0.1) is 16.0 Å². The molecule has 104 valence electrons. The number of aromatic nitrogens is 1. The Morgan fingerprint density at radius 2 is 2.05 bits per heavy atom. The Balaban J connectivity index is 2.28. The highest BCUT2D eigenvalue weighted by molar-refractivity contribution is 6.31. The molecule has 1 aromatic heterocycles. The summed E-state index contributed by atoms with van der Waals surface area (Å²) in [6.07, 6.45) is 1.36. The van der Waals surface area contributed by atoms with E-state index in [2.05, 4.69) is 10.3 Å². The summed E-state index contributed by atoms with van der Waals surface area (Å²) in [6, 6.07) is 8.34. The molecule has 1 heterocycles. The number of rotatable bonds is 4. The van der Waals surface area contributed by atoms with Gasteiger partial charge in [-0.15, -0.1) is 0 Å². The van der Waals surface area contributed by atoms with Crippen LogP contribution in [0.2, 0.25) is 10.0 Å². The molecule has 0 radical (unpaired) electrons. The van der Waals surface area contributed by atoms with Gasteiger partial charge in [0.1, 0.15) is 0 Å². The third-order valence-electron chi connectivity index (χ3n) is 2.73. The van der Waals surface area contributed by atoms with Gasteiger partial charge in [-0.3, -0.25) is 10.1 Å². The van der Waals surface area contributed by atoms with Gasteiger partial charge >= 0.3 is 5.69 Å². The molecule has 5 nitrogen and oxygen atoms in total. The quantitative estimate of drug-likeness (QED) is 0.668. The topological polar surface area (TPSA) is 68.1 Å². The molecular weight excluding hydrogens is 301 g/mol. The highest BCUT2D eigenvalue weighted by atomic mass is 35.5. The third-order valence-corrected chi connectivity index (χ3v) is 3.17. The van der Waals surface area contributed by atoms with Crippen molar-refractivity contribution < 1.29 is 4.92 Å². The molecule has 2 rings (SSSR count).